The number of benzene rings is 1. The van der Waals surface area contributed by atoms with Crippen molar-refractivity contribution in [1.29, 1.82) is 0 Å². The number of piperazine rings is 1. The third-order valence-electron chi connectivity index (χ3n) is 4.28. The van der Waals surface area contributed by atoms with E-state index in [0.29, 0.717) is 16.6 Å². The maximum Gasteiger partial charge on any atom is 0.255 e. The van der Waals surface area contributed by atoms with Crippen molar-refractivity contribution in [2.24, 2.45) is 0 Å². The molecule has 114 valence electrons. The molecular formula is C15H19BrClN3O. The highest BCUT2D eigenvalue weighted by molar-refractivity contribution is 9.10. The molecular weight excluding hydrogens is 354 g/mol. The van der Waals surface area contributed by atoms with Crippen LogP contribution in [0.2, 0.25) is 5.02 Å². The molecule has 6 heteroatoms. The van der Waals surface area contributed by atoms with Gasteiger partial charge < -0.3 is 10.2 Å². The van der Waals surface area contributed by atoms with E-state index in [-0.39, 0.29) is 5.91 Å². The summed E-state index contributed by atoms with van der Waals surface area (Å²) in [5.41, 5.74) is 0.590. The molecule has 2 aliphatic heterocycles. The van der Waals surface area contributed by atoms with Crippen LogP contribution < -0.4 is 5.32 Å². The van der Waals surface area contributed by atoms with Gasteiger partial charge in [-0.1, -0.05) is 27.5 Å². The van der Waals surface area contributed by atoms with E-state index in [4.69, 9.17) is 11.6 Å². The van der Waals surface area contributed by atoms with Crippen molar-refractivity contribution in [3.8, 4) is 0 Å². The predicted octanol–water partition coefficient (Wildman–Crippen LogP) is 2.22. The van der Waals surface area contributed by atoms with Crippen LogP contribution in [-0.4, -0.2) is 61.0 Å². The average Bonchev–Trinajstić information content (AvgIpc) is 3.00. The van der Waals surface area contributed by atoms with E-state index in [0.717, 1.165) is 50.2 Å². The number of likely N-dealkylation sites (tertiary alicyclic amines) is 1. The summed E-state index contributed by atoms with van der Waals surface area (Å²) in [5.74, 6) is 0.0407. The second-order valence-electron chi connectivity index (χ2n) is 5.60. The van der Waals surface area contributed by atoms with Gasteiger partial charge in [-0.05, 0) is 24.6 Å². The van der Waals surface area contributed by atoms with Gasteiger partial charge >= 0.3 is 0 Å². The molecule has 21 heavy (non-hydrogen) atoms. The number of halogens is 2. The SMILES string of the molecule is O=C(c1cc(Br)ccc1Cl)N1CCC(N2CCNCC2)C1. The highest BCUT2D eigenvalue weighted by Gasteiger charge is 2.31. The minimum absolute atomic E-state index is 0.0407. The van der Waals surface area contributed by atoms with E-state index in [1.807, 2.05) is 17.0 Å². The number of hydrogen-bond acceptors (Lipinski definition) is 3. The summed E-state index contributed by atoms with van der Waals surface area (Å²) in [6, 6.07) is 5.92. The highest BCUT2D eigenvalue weighted by Crippen LogP contribution is 2.25. The molecule has 0 bridgehead atoms. The van der Waals surface area contributed by atoms with Crippen LogP contribution in [0.15, 0.2) is 22.7 Å². The number of carbonyl (C=O) groups excluding carboxylic acids is 1. The standard InChI is InChI=1S/C15H19BrClN3O/c16-11-1-2-14(17)13(9-11)15(21)20-6-3-12(10-20)19-7-4-18-5-8-19/h1-2,9,12,18H,3-8,10H2. The van der Waals surface area contributed by atoms with Gasteiger partial charge in [-0.3, -0.25) is 9.69 Å². The van der Waals surface area contributed by atoms with Gasteiger partial charge in [0, 0.05) is 49.8 Å². The van der Waals surface area contributed by atoms with Crippen LogP contribution in [-0.2, 0) is 0 Å². The Balaban J connectivity index is 1.67. The molecule has 2 aliphatic rings. The molecule has 1 atom stereocenters. The Morgan fingerprint density at radius 2 is 2.05 bits per heavy atom. The van der Waals surface area contributed by atoms with Crippen molar-refractivity contribution in [3.05, 3.63) is 33.3 Å². The molecule has 1 unspecified atom stereocenters. The molecule has 0 saturated carbocycles. The van der Waals surface area contributed by atoms with Crippen molar-refractivity contribution < 1.29 is 4.79 Å². The van der Waals surface area contributed by atoms with E-state index < -0.39 is 0 Å². The molecule has 1 aromatic rings. The summed E-state index contributed by atoms with van der Waals surface area (Å²) in [7, 11) is 0. The fourth-order valence-electron chi connectivity index (χ4n) is 3.10. The van der Waals surface area contributed by atoms with Crippen molar-refractivity contribution in [2.45, 2.75) is 12.5 Å². The zero-order chi connectivity index (χ0) is 14.8. The van der Waals surface area contributed by atoms with Gasteiger partial charge in [0.15, 0.2) is 0 Å². The Kier molecular flexibility index (Phi) is 4.84. The Morgan fingerprint density at radius 1 is 1.29 bits per heavy atom. The summed E-state index contributed by atoms with van der Waals surface area (Å²) in [5, 5.41) is 3.89. The Labute approximate surface area is 138 Å². The van der Waals surface area contributed by atoms with E-state index in [9.17, 15) is 4.79 Å². The second kappa shape index (κ2) is 6.65. The normalized spacial score (nSPS) is 23.5. The van der Waals surface area contributed by atoms with Crippen LogP contribution in [0.1, 0.15) is 16.8 Å². The largest absolute Gasteiger partial charge is 0.337 e. The number of rotatable bonds is 2. The predicted molar refractivity (Wildman–Crippen MR) is 87.9 cm³/mol. The Bertz CT molecular complexity index is 534. The van der Waals surface area contributed by atoms with Crippen molar-refractivity contribution in [2.75, 3.05) is 39.3 Å². The third kappa shape index (κ3) is 3.42. The maximum atomic E-state index is 12.6. The lowest BCUT2D eigenvalue weighted by atomic mass is 10.2. The Morgan fingerprint density at radius 3 is 2.81 bits per heavy atom. The van der Waals surface area contributed by atoms with Crippen LogP contribution >= 0.6 is 27.5 Å². The fraction of sp³-hybridized carbons (Fsp3) is 0.533. The lowest BCUT2D eigenvalue weighted by Crippen LogP contribution is -2.49. The van der Waals surface area contributed by atoms with Crippen LogP contribution in [0.25, 0.3) is 0 Å². The summed E-state index contributed by atoms with van der Waals surface area (Å²) in [6.45, 7) is 5.86. The van der Waals surface area contributed by atoms with Crippen LogP contribution in [0.3, 0.4) is 0 Å². The number of hydrogen-bond donors (Lipinski definition) is 1. The van der Waals surface area contributed by atoms with E-state index in [1.54, 1.807) is 6.07 Å². The monoisotopic (exact) mass is 371 g/mol. The zero-order valence-electron chi connectivity index (χ0n) is 11.8. The molecule has 1 aromatic carbocycles. The molecule has 0 aromatic heterocycles. The van der Waals surface area contributed by atoms with Gasteiger partial charge in [-0.2, -0.15) is 0 Å². The molecule has 3 rings (SSSR count). The van der Waals surface area contributed by atoms with Crippen LogP contribution in [0.4, 0.5) is 0 Å². The van der Waals surface area contributed by atoms with Crippen molar-refractivity contribution in [3.63, 3.8) is 0 Å². The third-order valence-corrected chi connectivity index (χ3v) is 5.10. The maximum absolute atomic E-state index is 12.6. The first-order valence-electron chi connectivity index (χ1n) is 7.34. The molecule has 0 radical (unpaired) electrons. The van der Waals surface area contributed by atoms with E-state index in [1.165, 1.54) is 0 Å². The van der Waals surface area contributed by atoms with Crippen LogP contribution in [0.5, 0.6) is 0 Å². The highest BCUT2D eigenvalue weighted by atomic mass is 79.9. The quantitative estimate of drug-likeness (QED) is 0.865. The molecule has 1 amide bonds. The van der Waals surface area contributed by atoms with E-state index in [2.05, 4.69) is 26.1 Å². The van der Waals surface area contributed by atoms with Crippen molar-refractivity contribution >= 4 is 33.4 Å². The first-order chi connectivity index (χ1) is 10.1. The fourth-order valence-corrected chi connectivity index (χ4v) is 3.66. The molecule has 2 saturated heterocycles. The van der Waals surface area contributed by atoms with Gasteiger partial charge in [-0.15, -0.1) is 0 Å². The first kappa shape index (κ1) is 15.3. The first-order valence-corrected chi connectivity index (χ1v) is 8.51. The minimum atomic E-state index is 0.0407. The summed E-state index contributed by atoms with van der Waals surface area (Å²) >= 11 is 9.57. The molecule has 2 fully saturated rings. The van der Waals surface area contributed by atoms with Crippen molar-refractivity contribution in [1.82, 2.24) is 15.1 Å². The molecule has 2 heterocycles. The van der Waals surface area contributed by atoms with Gasteiger partial charge in [0.25, 0.3) is 5.91 Å². The molecule has 4 nitrogen and oxygen atoms in total. The summed E-state index contributed by atoms with van der Waals surface area (Å²) in [6.07, 6.45) is 1.05. The van der Waals surface area contributed by atoms with Gasteiger partial charge in [-0.25, -0.2) is 0 Å². The smallest absolute Gasteiger partial charge is 0.255 e. The topological polar surface area (TPSA) is 35.6 Å². The number of nitrogens with one attached hydrogen (secondary N) is 1. The van der Waals surface area contributed by atoms with Gasteiger partial charge in [0.1, 0.15) is 0 Å². The van der Waals surface area contributed by atoms with Crippen LogP contribution in [0, 0.1) is 0 Å². The average molecular weight is 373 g/mol. The molecule has 0 aliphatic carbocycles. The van der Waals surface area contributed by atoms with Gasteiger partial charge in [0.2, 0.25) is 0 Å². The summed E-state index contributed by atoms with van der Waals surface area (Å²) in [4.78, 5) is 17.1. The molecule has 1 N–H and O–H groups in total. The van der Waals surface area contributed by atoms with E-state index >= 15 is 0 Å². The number of nitrogens with zero attached hydrogens (tertiary/aromatic N) is 2. The van der Waals surface area contributed by atoms with Gasteiger partial charge in [0.05, 0.1) is 10.6 Å². The summed E-state index contributed by atoms with van der Waals surface area (Å²) < 4.78 is 0.883. The minimum Gasteiger partial charge on any atom is -0.337 e. The molecule has 0 spiro atoms. The number of amides is 1. The lowest BCUT2D eigenvalue weighted by molar-refractivity contribution is 0.0773. The zero-order valence-corrected chi connectivity index (χ0v) is 14.2. The number of carbonyl (C=O) groups is 1. The Hall–Kier alpha value is -0.620. The lowest BCUT2D eigenvalue weighted by Gasteiger charge is -2.32. The second-order valence-corrected chi connectivity index (χ2v) is 6.93.